The number of aliphatic hydroxyl groups excluding tert-OH is 1. The summed E-state index contributed by atoms with van der Waals surface area (Å²) >= 11 is 5.88. The van der Waals surface area contributed by atoms with Crippen molar-refractivity contribution in [1.82, 2.24) is 0 Å². The maximum atomic E-state index is 12.0. The van der Waals surface area contributed by atoms with Crippen molar-refractivity contribution < 1.29 is 13.5 Å². The number of hydrogen-bond acceptors (Lipinski definition) is 4. The van der Waals surface area contributed by atoms with Crippen LogP contribution in [0.25, 0.3) is 0 Å². The molecule has 0 saturated heterocycles. The van der Waals surface area contributed by atoms with Gasteiger partial charge in [0.05, 0.1) is 15.7 Å². The average molecular weight is 292 g/mol. The van der Waals surface area contributed by atoms with Gasteiger partial charge in [-0.15, -0.1) is 0 Å². The van der Waals surface area contributed by atoms with E-state index in [-0.39, 0.29) is 22.3 Å². The Morgan fingerprint density at radius 2 is 1.83 bits per heavy atom. The summed E-state index contributed by atoms with van der Waals surface area (Å²) in [6, 6.07) is 4.42. The minimum absolute atomic E-state index is 0.0715. The van der Waals surface area contributed by atoms with E-state index in [0.717, 1.165) is 12.8 Å². The van der Waals surface area contributed by atoms with Gasteiger partial charge < -0.3 is 10.8 Å². The molecule has 0 aliphatic rings. The van der Waals surface area contributed by atoms with E-state index in [1.807, 2.05) is 0 Å². The van der Waals surface area contributed by atoms with Gasteiger partial charge >= 0.3 is 0 Å². The summed E-state index contributed by atoms with van der Waals surface area (Å²) in [5, 5.41) is 8.79. The first-order chi connectivity index (χ1) is 8.47. The summed E-state index contributed by atoms with van der Waals surface area (Å²) in [6.07, 6.45) is 2.90. The molecule has 0 atom stereocenters. The molecular weight excluding hydrogens is 274 g/mol. The fraction of sp³-hybridized carbons (Fsp3) is 0.500. The van der Waals surface area contributed by atoms with Crippen LogP contribution in [0.2, 0.25) is 5.02 Å². The SMILES string of the molecule is Nc1ccc(S(=O)(=O)CCCCCCO)c(Cl)c1. The van der Waals surface area contributed by atoms with Gasteiger partial charge in [-0.05, 0) is 31.0 Å². The van der Waals surface area contributed by atoms with E-state index < -0.39 is 9.84 Å². The van der Waals surface area contributed by atoms with E-state index >= 15 is 0 Å². The largest absolute Gasteiger partial charge is 0.399 e. The lowest BCUT2D eigenvalue weighted by Gasteiger charge is -2.07. The Morgan fingerprint density at radius 1 is 1.17 bits per heavy atom. The lowest BCUT2D eigenvalue weighted by atomic mass is 10.2. The predicted octanol–water partition coefficient (Wildman–Crippen LogP) is 2.25. The quantitative estimate of drug-likeness (QED) is 0.596. The Labute approximate surface area is 113 Å². The predicted molar refractivity (Wildman–Crippen MR) is 73.5 cm³/mol. The molecule has 3 N–H and O–H groups in total. The summed E-state index contributed by atoms with van der Waals surface area (Å²) < 4.78 is 24.0. The molecule has 0 amide bonds. The van der Waals surface area contributed by atoms with Gasteiger partial charge in [-0.25, -0.2) is 8.42 Å². The third kappa shape index (κ3) is 4.48. The van der Waals surface area contributed by atoms with Crippen LogP contribution in [0.5, 0.6) is 0 Å². The van der Waals surface area contributed by atoms with Gasteiger partial charge in [0.2, 0.25) is 0 Å². The summed E-state index contributed by atoms with van der Waals surface area (Å²) in [7, 11) is -3.34. The number of aliphatic hydroxyl groups is 1. The Hall–Kier alpha value is -0.780. The van der Waals surface area contributed by atoms with Gasteiger partial charge in [0.25, 0.3) is 0 Å². The minimum atomic E-state index is -3.34. The van der Waals surface area contributed by atoms with Gasteiger partial charge in [-0.2, -0.15) is 0 Å². The molecule has 0 spiro atoms. The molecule has 0 aromatic heterocycles. The highest BCUT2D eigenvalue weighted by atomic mass is 35.5. The molecule has 0 heterocycles. The van der Waals surface area contributed by atoms with Gasteiger partial charge in [0.1, 0.15) is 0 Å². The number of sulfone groups is 1. The van der Waals surface area contributed by atoms with Crippen LogP contribution in [0.15, 0.2) is 23.1 Å². The Morgan fingerprint density at radius 3 is 2.44 bits per heavy atom. The molecular formula is C12H18ClNO3S. The van der Waals surface area contributed by atoms with Crippen molar-refractivity contribution in [2.75, 3.05) is 18.1 Å². The van der Waals surface area contributed by atoms with Crippen LogP contribution in [0.3, 0.4) is 0 Å². The molecule has 4 nitrogen and oxygen atoms in total. The number of anilines is 1. The molecule has 0 bridgehead atoms. The minimum Gasteiger partial charge on any atom is -0.399 e. The third-order valence-electron chi connectivity index (χ3n) is 2.61. The topological polar surface area (TPSA) is 80.4 Å². The zero-order chi connectivity index (χ0) is 13.6. The van der Waals surface area contributed by atoms with Crippen LogP contribution in [-0.2, 0) is 9.84 Å². The van der Waals surface area contributed by atoms with Crippen LogP contribution >= 0.6 is 11.6 Å². The highest BCUT2D eigenvalue weighted by Gasteiger charge is 2.17. The Bertz CT molecular complexity index is 488. The number of nitrogens with two attached hydrogens (primary N) is 1. The van der Waals surface area contributed by atoms with Crippen molar-refractivity contribution in [1.29, 1.82) is 0 Å². The molecule has 1 rings (SSSR count). The molecule has 6 heteroatoms. The molecule has 0 saturated carbocycles. The second kappa shape index (κ2) is 6.97. The first kappa shape index (κ1) is 15.3. The maximum Gasteiger partial charge on any atom is 0.179 e. The lowest BCUT2D eigenvalue weighted by Crippen LogP contribution is -2.08. The maximum absolute atomic E-state index is 12.0. The number of hydrogen-bond donors (Lipinski definition) is 2. The van der Waals surface area contributed by atoms with Crippen molar-refractivity contribution in [3.8, 4) is 0 Å². The second-order valence-electron chi connectivity index (χ2n) is 4.15. The molecule has 0 radical (unpaired) electrons. The van der Waals surface area contributed by atoms with Crippen LogP contribution in [-0.4, -0.2) is 25.9 Å². The van der Waals surface area contributed by atoms with Crippen molar-refractivity contribution in [3.63, 3.8) is 0 Å². The Balaban J connectivity index is 2.63. The van der Waals surface area contributed by atoms with E-state index in [1.165, 1.54) is 18.2 Å². The summed E-state index contributed by atoms with van der Waals surface area (Å²) in [6.45, 7) is 0.149. The molecule has 0 aliphatic heterocycles. The summed E-state index contributed by atoms with van der Waals surface area (Å²) in [4.78, 5) is 0.139. The second-order valence-corrected chi connectivity index (χ2v) is 6.63. The standard InChI is InChI=1S/C12H18ClNO3S/c13-11-9-10(14)5-6-12(11)18(16,17)8-4-2-1-3-7-15/h5-6,9,15H,1-4,7-8,14H2. The van der Waals surface area contributed by atoms with Crippen molar-refractivity contribution >= 4 is 27.1 Å². The van der Waals surface area contributed by atoms with Crippen molar-refractivity contribution in [2.24, 2.45) is 0 Å². The number of rotatable bonds is 7. The molecule has 102 valence electrons. The van der Waals surface area contributed by atoms with Crippen molar-refractivity contribution in [2.45, 2.75) is 30.6 Å². The summed E-state index contributed by atoms with van der Waals surface area (Å²) in [5.74, 6) is 0.0715. The van der Waals surface area contributed by atoms with Crippen LogP contribution in [0.1, 0.15) is 25.7 Å². The first-order valence-electron chi connectivity index (χ1n) is 5.86. The van der Waals surface area contributed by atoms with Crippen LogP contribution in [0, 0.1) is 0 Å². The van der Waals surface area contributed by atoms with Crippen molar-refractivity contribution in [3.05, 3.63) is 23.2 Å². The van der Waals surface area contributed by atoms with Gasteiger partial charge in [-0.3, -0.25) is 0 Å². The highest BCUT2D eigenvalue weighted by Crippen LogP contribution is 2.25. The van der Waals surface area contributed by atoms with Crippen LogP contribution in [0.4, 0.5) is 5.69 Å². The van der Waals surface area contributed by atoms with E-state index in [9.17, 15) is 8.42 Å². The molecule has 1 aromatic rings. The zero-order valence-electron chi connectivity index (χ0n) is 10.1. The number of benzene rings is 1. The van der Waals surface area contributed by atoms with E-state index in [1.54, 1.807) is 0 Å². The average Bonchev–Trinajstić information content (AvgIpc) is 2.28. The molecule has 1 aromatic carbocycles. The highest BCUT2D eigenvalue weighted by molar-refractivity contribution is 7.91. The molecule has 18 heavy (non-hydrogen) atoms. The van der Waals surface area contributed by atoms with E-state index in [0.29, 0.717) is 18.5 Å². The monoisotopic (exact) mass is 291 g/mol. The van der Waals surface area contributed by atoms with Gasteiger partial charge in [-0.1, -0.05) is 24.4 Å². The van der Waals surface area contributed by atoms with Gasteiger partial charge in [0, 0.05) is 12.3 Å². The number of halogens is 1. The van der Waals surface area contributed by atoms with E-state index in [4.69, 9.17) is 22.4 Å². The number of nitrogen functional groups attached to an aromatic ring is 1. The van der Waals surface area contributed by atoms with Crippen LogP contribution < -0.4 is 5.73 Å². The fourth-order valence-electron chi connectivity index (χ4n) is 1.64. The smallest absolute Gasteiger partial charge is 0.179 e. The van der Waals surface area contributed by atoms with Gasteiger partial charge in [0.15, 0.2) is 9.84 Å². The normalized spacial score (nSPS) is 11.7. The summed E-state index contributed by atoms with van der Waals surface area (Å²) in [5.41, 5.74) is 5.97. The first-order valence-corrected chi connectivity index (χ1v) is 7.89. The molecule has 0 aliphatic carbocycles. The molecule has 0 unspecified atom stereocenters. The lowest BCUT2D eigenvalue weighted by molar-refractivity contribution is 0.283. The fourth-order valence-corrected chi connectivity index (χ4v) is 3.61. The molecule has 0 fully saturated rings. The number of unbranched alkanes of at least 4 members (excludes halogenated alkanes) is 3. The van der Waals surface area contributed by atoms with E-state index in [2.05, 4.69) is 0 Å². The third-order valence-corrected chi connectivity index (χ3v) is 4.89. The zero-order valence-corrected chi connectivity index (χ0v) is 11.7. The Kier molecular flexibility index (Phi) is 5.91.